The molecule has 0 heterocycles. The predicted octanol–water partition coefficient (Wildman–Crippen LogP) is 1.04. The van der Waals surface area contributed by atoms with Crippen LogP contribution in [0.3, 0.4) is 0 Å². The molecule has 0 aliphatic rings. The van der Waals surface area contributed by atoms with E-state index < -0.39 is 7.12 Å². The molecule has 0 radical (unpaired) electrons. The Balaban J connectivity index is 3.77. The minimum absolute atomic E-state index is 0.167. The highest BCUT2D eigenvalue weighted by Gasteiger charge is 2.18. The minimum Gasteiger partial charge on any atom is -0.427 e. The molecule has 0 aliphatic carbocycles. The monoisotopic (exact) mass is 169 g/mol. The van der Waals surface area contributed by atoms with Crippen LogP contribution in [0.1, 0.15) is 26.7 Å². The van der Waals surface area contributed by atoms with Crippen molar-refractivity contribution in [2.75, 3.05) is 0 Å². The van der Waals surface area contributed by atoms with E-state index in [4.69, 9.17) is 15.3 Å². The van der Waals surface area contributed by atoms with Crippen LogP contribution < -0.4 is 0 Å². The maximum Gasteiger partial charge on any atom is 0.452 e. The van der Waals surface area contributed by atoms with Crippen LogP contribution in [0, 0.1) is 23.2 Å². The molecule has 0 saturated heterocycles. The molecular formula is C8H16BNO2. The summed E-state index contributed by atoms with van der Waals surface area (Å²) in [6.07, 6.45) is 1.95. The Labute approximate surface area is 74.2 Å². The summed E-state index contributed by atoms with van der Waals surface area (Å²) in [5.74, 6) is 0.258. The third-order valence-corrected chi connectivity index (χ3v) is 2.06. The van der Waals surface area contributed by atoms with Crippen molar-refractivity contribution in [1.29, 1.82) is 5.26 Å². The topological polar surface area (TPSA) is 64.2 Å². The standard InChI is InChI=1S/C8H16BNO2/c1-3-7(2)4-8(6-10)5-9(11)12/h7-8,11-12H,3-5H2,1-2H3. The summed E-state index contributed by atoms with van der Waals surface area (Å²) in [6.45, 7) is 4.13. The fraction of sp³-hybridized carbons (Fsp3) is 0.875. The van der Waals surface area contributed by atoms with Crippen LogP contribution >= 0.6 is 0 Å². The molecule has 0 aromatic heterocycles. The van der Waals surface area contributed by atoms with Crippen LogP contribution in [0.5, 0.6) is 0 Å². The number of hydrogen-bond acceptors (Lipinski definition) is 3. The van der Waals surface area contributed by atoms with Gasteiger partial charge >= 0.3 is 7.12 Å². The molecule has 2 unspecified atom stereocenters. The first-order valence-electron chi connectivity index (χ1n) is 4.35. The number of rotatable bonds is 5. The van der Waals surface area contributed by atoms with E-state index in [0.717, 1.165) is 12.8 Å². The third-order valence-electron chi connectivity index (χ3n) is 2.06. The summed E-state index contributed by atoms with van der Waals surface area (Å²) in [6, 6.07) is 2.08. The van der Waals surface area contributed by atoms with E-state index in [9.17, 15) is 0 Å². The van der Waals surface area contributed by atoms with Crippen LogP contribution in [0.15, 0.2) is 0 Å². The molecule has 0 saturated carbocycles. The molecule has 0 spiro atoms. The molecule has 0 bridgehead atoms. The molecule has 0 fully saturated rings. The summed E-state index contributed by atoms with van der Waals surface area (Å²) < 4.78 is 0. The molecule has 0 aromatic carbocycles. The SMILES string of the molecule is CCC(C)CC(C#N)CB(O)O. The second-order valence-electron chi connectivity index (χ2n) is 3.29. The van der Waals surface area contributed by atoms with Crippen molar-refractivity contribution in [3.05, 3.63) is 0 Å². The van der Waals surface area contributed by atoms with Crippen molar-refractivity contribution in [3.63, 3.8) is 0 Å². The lowest BCUT2D eigenvalue weighted by Crippen LogP contribution is -2.17. The van der Waals surface area contributed by atoms with Gasteiger partial charge in [0.2, 0.25) is 0 Å². The van der Waals surface area contributed by atoms with Crippen molar-refractivity contribution in [2.24, 2.45) is 11.8 Å². The second-order valence-corrected chi connectivity index (χ2v) is 3.29. The van der Waals surface area contributed by atoms with E-state index in [1.165, 1.54) is 0 Å². The van der Waals surface area contributed by atoms with E-state index in [1.807, 2.05) is 0 Å². The number of nitriles is 1. The zero-order chi connectivity index (χ0) is 9.56. The molecular weight excluding hydrogens is 153 g/mol. The maximum atomic E-state index is 8.65. The predicted molar refractivity (Wildman–Crippen MR) is 48.2 cm³/mol. The Morgan fingerprint density at radius 1 is 1.50 bits per heavy atom. The zero-order valence-electron chi connectivity index (χ0n) is 7.70. The van der Waals surface area contributed by atoms with E-state index in [-0.39, 0.29) is 12.2 Å². The summed E-state index contributed by atoms with van der Waals surface area (Å²) in [5, 5.41) is 25.9. The number of nitrogens with zero attached hydrogens (tertiary/aromatic N) is 1. The van der Waals surface area contributed by atoms with Crippen LogP contribution in [-0.4, -0.2) is 17.2 Å². The molecule has 3 nitrogen and oxygen atoms in total. The van der Waals surface area contributed by atoms with Gasteiger partial charge in [0.1, 0.15) is 0 Å². The minimum atomic E-state index is -1.35. The van der Waals surface area contributed by atoms with Crippen molar-refractivity contribution in [3.8, 4) is 6.07 Å². The van der Waals surface area contributed by atoms with Gasteiger partial charge in [-0.3, -0.25) is 0 Å². The van der Waals surface area contributed by atoms with Crippen LogP contribution in [-0.2, 0) is 0 Å². The molecule has 0 amide bonds. The van der Waals surface area contributed by atoms with Crippen LogP contribution in [0.4, 0.5) is 0 Å². The van der Waals surface area contributed by atoms with E-state index in [2.05, 4.69) is 19.9 Å². The van der Waals surface area contributed by atoms with Gasteiger partial charge < -0.3 is 10.0 Å². The van der Waals surface area contributed by atoms with Crippen LogP contribution in [0.25, 0.3) is 0 Å². The lowest BCUT2D eigenvalue weighted by Gasteiger charge is -2.12. The van der Waals surface area contributed by atoms with Crippen molar-refractivity contribution in [2.45, 2.75) is 33.0 Å². The molecule has 68 valence electrons. The van der Waals surface area contributed by atoms with Gasteiger partial charge in [-0.2, -0.15) is 5.26 Å². The van der Waals surface area contributed by atoms with Gasteiger partial charge in [-0.05, 0) is 18.7 Å². The maximum absolute atomic E-state index is 8.65. The summed E-state index contributed by atoms with van der Waals surface area (Å²) in [4.78, 5) is 0. The van der Waals surface area contributed by atoms with Crippen molar-refractivity contribution < 1.29 is 10.0 Å². The first-order valence-corrected chi connectivity index (χ1v) is 4.35. The molecule has 2 atom stereocenters. The lowest BCUT2D eigenvalue weighted by atomic mass is 9.76. The molecule has 2 N–H and O–H groups in total. The normalized spacial score (nSPS) is 14.9. The summed E-state index contributed by atoms with van der Waals surface area (Å²) in [7, 11) is -1.35. The quantitative estimate of drug-likeness (QED) is 0.604. The van der Waals surface area contributed by atoms with Crippen molar-refractivity contribution in [1.82, 2.24) is 0 Å². The van der Waals surface area contributed by atoms with Gasteiger partial charge in [-0.15, -0.1) is 0 Å². The van der Waals surface area contributed by atoms with Crippen molar-refractivity contribution >= 4 is 7.12 Å². The Hall–Kier alpha value is -0.525. The van der Waals surface area contributed by atoms with Gasteiger partial charge in [-0.25, -0.2) is 0 Å². The smallest absolute Gasteiger partial charge is 0.427 e. The van der Waals surface area contributed by atoms with E-state index in [1.54, 1.807) is 0 Å². The fourth-order valence-electron chi connectivity index (χ4n) is 1.11. The van der Waals surface area contributed by atoms with Gasteiger partial charge in [0.05, 0.1) is 6.07 Å². The Bertz CT molecular complexity index is 156. The average Bonchev–Trinajstić information content (AvgIpc) is 2.02. The first kappa shape index (κ1) is 11.5. The Morgan fingerprint density at radius 3 is 2.42 bits per heavy atom. The third kappa shape index (κ3) is 5.17. The molecule has 0 aromatic rings. The average molecular weight is 169 g/mol. The lowest BCUT2D eigenvalue weighted by molar-refractivity contribution is 0.380. The van der Waals surface area contributed by atoms with Gasteiger partial charge in [0, 0.05) is 5.92 Å². The van der Waals surface area contributed by atoms with Gasteiger partial charge in [0.25, 0.3) is 0 Å². The fourth-order valence-corrected chi connectivity index (χ4v) is 1.11. The van der Waals surface area contributed by atoms with Gasteiger partial charge in [-0.1, -0.05) is 20.3 Å². The summed E-state index contributed by atoms with van der Waals surface area (Å²) in [5.41, 5.74) is 0. The highest BCUT2D eigenvalue weighted by Crippen LogP contribution is 2.18. The second kappa shape index (κ2) is 6.04. The van der Waals surface area contributed by atoms with Crippen LogP contribution in [0.2, 0.25) is 6.32 Å². The Kier molecular flexibility index (Phi) is 5.78. The molecule has 4 heteroatoms. The molecule has 0 aliphatic heterocycles. The highest BCUT2D eigenvalue weighted by atomic mass is 16.4. The zero-order valence-corrected chi connectivity index (χ0v) is 7.70. The molecule has 12 heavy (non-hydrogen) atoms. The molecule has 0 rings (SSSR count). The van der Waals surface area contributed by atoms with Gasteiger partial charge in [0.15, 0.2) is 0 Å². The van der Waals surface area contributed by atoms with E-state index in [0.29, 0.717) is 5.92 Å². The first-order chi connectivity index (χ1) is 5.60. The highest BCUT2D eigenvalue weighted by molar-refractivity contribution is 6.41. The number of hydrogen-bond donors (Lipinski definition) is 2. The largest absolute Gasteiger partial charge is 0.452 e. The van der Waals surface area contributed by atoms with E-state index >= 15 is 0 Å². The summed E-state index contributed by atoms with van der Waals surface area (Å²) >= 11 is 0. The Morgan fingerprint density at radius 2 is 2.08 bits per heavy atom.